The number of benzene rings is 2. The molecule has 4 aliphatic rings. The molecule has 1 atom stereocenters. The molecule has 0 radical (unpaired) electrons. The lowest BCUT2D eigenvalue weighted by atomic mass is 10.0. The number of aliphatic hydroxyl groups is 1. The van der Waals surface area contributed by atoms with Gasteiger partial charge in [0.2, 0.25) is 17.8 Å². The highest BCUT2D eigenvalue weighted by Gasteiger charge is 2.45. The zero-order valence-electron chi connectivity index (χ0n) is 34.1. The Morgan fingerprint density at radius 1 is 0.852 bits per heavy atom. The van der Waals surface area contributed by atoms with E-state index in [0.717, 1.165) is 74.1 Å². The van der Waals surface area contributed by atoms with Crippen molar-refractivity contribution in [3.63, 3.8) is 0 Å². The molecule has 3 fully saturated rings. The van der Waals surface area contributed by atoms with E-state index in [1.807, 2.05) is 18.2 Å². The van der Waals surface area contributed by atoms with Crippen molar-refractivity contribution in [1.29, 1.82) is 0 Å². The number of anilines is 4. The Hall–Kier alpha value is -6.72. The van der Waals surface area contributed by atoms with E-state index in [4.69, 9.17) is 4.98 Å². The fraction of sp³-hybridized carbons (Fsp3) is 0.364. The first-order valence-electron chi connectivity index (χ1n) is 20.6. The highest BCUT2D eigenvalue weighted by atomic mass is 16.3. The van der Waals surface area contributed by atoms with Crippen LogP contribution in [-0.4, -0.2) is 114 Å². The Bertz CT molecular complexity index is 2630. The van der Waals surface area contributed by atoms with Crippen molar-refractivity contribution < 1.29 is 24.3 Å². The predicted molar refractivity (Wildman–Crippen MR) is 228 cm³/mol. The number of amides is 4. The minimum Gasteiger partial charge on any atom is -0.384 e. The zero-order chi connectivity index (χ0) is 42.6. The van der Waals surface area contributed by atoms with Crippen LogP contribution in [0, 0.1) is 0 Å². The highest BCUT2D eigenvalue weighted by molar-refractivity contribution is 6.23. The van der Waals surface area contributed by atoms with Crippen LogP contribution in [0.5, 0.6) is 0 Å². The zero-order valence-corrected chi connectivity index (χ0v) is 34.1. The van der Waals surface area contributed by atoms with Gasteiger partial charge in [0, 0.05) is 75.0 Å². The van der Waals surface area contributed by atoms with Gasteiger partial charge in [0.05, 0.1) is 23.4 Å². The van der Waals surface area contributed by atoms with E-state index in [0.29, 0.717) is 40.1 Å². The Morgan fingerprint density at radius 2 is 1.56 bits per heavy atom. The summed E-state index contributed by atoms with van der Waals surface area (Å²) in [5, 5.41) is 16.5. The third-order valence-corrected chi connectivity index (χ3v) is 12.1. The number of piperazine rings is 1. The normalized spacial score (nSPS) is 19.1. The van der Waals surface area contributed by atoms with Gasteiger partial charge in [0.15, 0.2) is 11.5 Å². The van der Waals surface area contributed by atoms with Gasteiger partial charge in [0.1, 0.15) is 17.0 Å². The van der Waals surface area contributed by atoms with Crippen molar-refractivity contribution in [1.82, 2.24) is 39.4 Å². The number of hydrogen-bond donors (Lipinski definition) is 3. The standard InChI is InChI=1S/C44H47N11O6/c1-4-18-53-40(58)33-26-45-43(49-38(33)55(53)36-7-5-6-35(47-36)44(2,3)61)46-27-8-10-28(11-9-27)51-21-23-52(24-22-51)29-16-19-50(20-17-29)30-12-13-31-32(25-30)42(60)54(41(31)59)34-14-15-37(56)48-39(34)57/h4-13,25-26,29,34,61H,1,14-24H2,2-3H3,(H,45,46,49)(H,48,56,57). The first-order chi connectivity index (χ1) is 29.4. The smallest absolute Gasteiger partial charge is 0.278 e. The number of rotatable bonds is 10. The quantitative estimate of drug-likeness (QED) is 0.138. The maximum absolute atomic E-state index is 13.4. The van der Waals surface area contributed by atoms with Crippen LogP contribution in [0.2, 0.25) is 0 Å². The summed E-state index contributed by atoms with van der Waals surface area (Å²) in [6.07, 6.45) is 5.30. The Labute approximate surface area is 351 Å². The van der Waals surface area contributed by atoms with Gasteiger partial charge in [-0.2, -0.15) is 4.98 Å². The number of nitrogens with one attached hydrogen (secondary N) is 2. The van der Waals surface area contributed by atoms with Crippen LogP contribution < -0.4 is 26.0 Å². The third-order valence-electron chi connectivity index (χ3n) is 12.1. The molecule has 7 heterocycles. The van der Waals surface area contributed by atoms with E-state index >= 15 is 0 Å². The fourth-order valence-electron chi connectivity index (χ4n) is 8.87. The van der Waals surface area contributed by atoms with Gasteiger partial charge in [-0.3, -0.25) is 39.1 Å². The minimum absolute atomic E-state index is 0.0855. The number of imide groups is 2. The van der Waals surface area contributed by atoms with E-state index in [9.17, 15) is 29.1 Å². The Morgan fingerprint density at radius 3 is 2.26 bits per heavy atom. The van der Waals surface area contributed by atoms with Gasteiger partial charge < -0.3 is 20.2 Å². The van der Waals surface area contributed by atoms with E-state index in [2.05, 4.69) is 54.0 Å². The second-order valence-electron chi connectivity index (χ2n) is 16.4. The second-order valence-corrected chi connectivity index (χ2v) is 16.4. The largest absolute Gasteiger partial charge is 0.384 e. The summed E-state index contributed by atoms with van der Waals surface area (Å²) in [5.74, 6) is -1.24. The molecule has 17 nitrogen and oxygen atoms in total. The number of aromatic nitrogens is 5. The lowest BCUT2D eigenvalue weighted by molar-refractivity contribution is -0.136. The van der Waals surface area contributed by atoms with E-state index in [1.165, 1.54) is 10.9 Å². The van der Waals surface area contributed by atoms with Crippen LogP contribution in [0.25, 0.3) is 16.9 Å². The summed E-state index contributed by atoms with van der Waals surface area (Å²) in [4.78, 5) is 86.1. The summed E-state index contributed by atoms with van der Waals surface area (Å²) in [5.41, 5.74) is 2.76. The summed E-state index contributed by atoms with van der Waals surface area (Å²) >= 11 is 0. The van der Waals surface area contributed by atoms with Gasteiger partial charge >= 0.3 is 0 Å². The van der Waals surface area contributed by atoms with Gasteiger partial charge in [0.25, 0.3) is 17.4 Å². The maximum Gasteiger partial charge on any atom is 0.278 e. The summed E-state index contributed by atoms with van der Waals surface area (Å²) in [7, 11) is 0. The van der Waals surface area contributed by atoms with Crippen LogP contribution >= 0.6 is 0 Å². The van der Waals surface area contributed by atoms with Crippen LogP contribution in [-0.2, 0) is 21.7 Å². The molecular formula is C44H47N11O6. The first-order valence-corrected chi connectivity index (χ1v) is 20.6. The average Bonchev–Trinajstić information content (AvgIpc) is 3.68. The number of allylic oxidation sites excluding steroid dienone is 1. The number of piperidine rings is 2. The molecule has 4 aliphatic heterocycles. The number of hydrogen-bond acceptors (Lipinski definition) is 13. The summed E-state index contributed by atoms with van der Waals surface area (Å²) in [6, 6.07) is 18.2. The van der Waals surface area contributed by atoms with Gasteiger partial charge in [-0.15, -0.1) is 6.58 Å². The number of carbonyl (C=O) groups is 4. The molecule has 314 valence electrons. The van der Waals surface area contributed by atoms with Gasteiger partial charge in [-0.05, 0) is 87.7 Å². The lowest BCUT2D eigenvalue weighted by Gasteiger charge is -2.44. The lowest BCUT2D eigenvalue weighted by Crippen LogP contribution is -2.54. The first kappa shape index (κ1) is 39.7. The SMILES string of the molecule is C=CCn1c(=O)c2cnc(Nc3ccc(N4CCN(C5CCN(c6ccc7c(c6)C(=O)N(C6CCC(=O)NC6=O)C7=O)CC5)CC4)cc3)nc2n1-c1cccc(C(C)(C)O)n1. The molecule has 5 aromatic rings. The molecule has 0 saturated carbocycles. The van der Waals surface area contributed by atoms with Crippen molar-refractivity contribution in [3.05, 3.63) is 107 Å². The molecule has 3 aromatic heterocycles. The predicted octanol–water partition coefficient (Wildman–Crippen LogP) is 3.33. The number of nitrogens with zero attached hydrogens (tertiary/aromatic N) is 9. The molecule has 3 N–H and O–H groups in total. The molecule has 9 rings (SSSR count). The molecule has 2 aromatic carbocycles. The molecule has 1 unspecified atom stereocenters. The highest BCUT2D eigenvalue weighted by Crippen LogP contribution is 2.33. The number of carbonyl (C=O) groups excluding carboxylic acids is 4. The van der Waals surface area contributed by atoms with Crippen LogP contribution in [0.3, 0.4) is 0 Å². The molecule has 17 heteroatoms. The maximum atomic E-state index is 13.4. The van der Waals surface area contributed by atoms with Gasteiger partial charge in [-0.25, -0.2) is 19.3 Å². The molecular weight excluding hydrogens is 779 g/mol. The van der Waals surface area contributed by atoms with Crippen LogP contribution in [0.1, 0.15) is 65.9 Å². The molecule has 61 heavy (non-hydrogen) atoms. The van der Waals surface area contributed by atoms with Crippen LogP contribution in [0.15, 0.2) is 84.3 Å². The van der Waals surface area contributed by atoms with E-state index in [1.54, 1.807) is 54.9 Å². The second kappa shape index (κ2) is 15.7. The minimum atomic E-state index is -1.18. The monoisotopic (exact) mass is 825 g/mol. The fourth-order valence-corrected chi connectivity index (χ4v) is 8.87. The van der Waals surface area contributed by atoms with Gasteiger partial charge in [-0.1, -0.05) is 12.1 Å². The summed E-state index contributed by atoms with van der Waals surface area (Å²) in [6.45, 7) is 12.6. The Kier molecular flexibility index (Phi) is 10.2. The van der Waals surface area contributed by atoms with Crippen molar-refractivity contribution in [2.75, 3.05) is 54.4 Å². The van der Waals surface area contributed by atoms with E-state index < -0.39 is 35.3 Å². The average molecular weight is 826 g/mol. The number of fused-ring (bicyclic) bond motifs is 2. The van der Waals surface area contributed by atoms with Crippen molar-refractivity contribution >= 4 is 57.7 Å². The molecule has 0 spiro atoms. The van der Waals surface area contributed by atoms with Crippen LogP contribution in [0.4, 0.5) is 23.0 Å². The number of pyridine rings is 1. The van der Waals surface area contributed by atoms with E-state index in [-0.39, 0.29) is 30.5 Å². The van der Waals surface area contributed by atoms with Crippen molar-refractivity contribution in [2.45, 2.75) is 63.8 Å². The topological polar surface area (TPSA) is 191 Å². The summed E-state index contributed by atoms with van der Waals surface area (Å²) < 4.78 is 3.13. The molecule has 3 saturated heterocycles. The van der Waals surface area contributed by atoms with Crippen molar-refractivity contribution in [2.24, 2.45) is 0 Å². The van der Waals surface area contributed by atoms with Crippen molar-refractivity contribution in [3.8, 4) is 5.82 Å². The third kappa shape index (κ3) is 7.43. The Balaban J connectivity index is 0.806. The molecule has 4 amide bonds. The molecule has 0 aliphatic carbocycles. The molecule has 0 bridgehead atoms.